The van der Waals surface area contributed by atoms with Crippen LogP contribution >= 0.6 is 0 Å². The summed E-state index contributed by atoms with van der Waals surface area (Å²) in [4.78, 5) is 12.3. The van der Waals surface area contributed by atoms with Crippen molar-refractivity contribution in [2.75, 3.05) is 4.72 Å². The summed E-state index contributed by atoms with van der Waals surface area (Å²) in [7, 11) is -7.74. The van der Waals surface area contributed by atoms with Crippen molar-refractivity contribution in [1.29, 1.82) is 0 Å². The fourth-order valence-corrected chi connectivity index (χ4v) is 6.13. The van der Waals surface area contributed by atoms with Gasteiger partial charge in [-0.05, 0) is 79.4 Å². The summed E-state index contributed by atoms with van der Waals surface area (Å²) in [5.41, 5.74) is 10.2. The standard InChI is InChI=1S/C25H23N5O5S2/c1-15-3-2-4-20(13-15)37(34,35)29-17-7-5-16-6-12-21-23(25(26)31)28-30(24(21)22(16)14-17)18-8-10-19(11-9-18)36(27,32)33/h2-5,7-11,13-14,29H,6,12H2,1H3,(H2,26,31)(H2,27,32,33). The molecule has 0 radical (unpaired) electrons. The third-order valence-corrected chi connectivity index (χ3v) is 8.50. The maximum Gasteiger partial charge on any atom is 0.269 e. The summed E-state index contributed by atoms with van der Waals surface area (Å²) in [6.45, 7) is 1.81. The average molecular weight is 538 g/mol. The number of aromatic nitrogens is 2. The van der Waals surface area contributed by atoms with Gasteiger partial charge in [-0.1, -0.05) is 18.2 Å². The quantitative estimate of drug-likeness (QED) is 0.341. The van der Waals surface area contributed by atoms with E-state index in [1.807, 2.05) is 19.1 Å². The van der Waals surface area contributed by atoms with Gasteiger partial charge in [0.25, 0.3) is 15.9 Å². The maximum atomic E-state index is 13.0. The van der Waals surface area contributed by atoms with Gasteiger partial charge in [0.15, 0.2) is 5.69 Å². The minimum absolute atomic E-state index is 0.0689. The Hall–Kier alpha value is -4.00. The van der Waals surface area contributed by atoms with Crippen LogP contribution < -0.4 is 15.6 Å². The lowest BCUT2D eigenvalue weighted by molar-refractivity contribution is 0.0994. The predicted octanol–water partition coefficient (Wildman–Crippen LogP) is 2.49. The van der Waals surface area contributed by atoms with Crippen molar-refractivity contribution >= 4 is 31.6 Å². The van der Waals surface area contributed by atoms with Gasteiger partial charge in [0.1, 0.15) is 0 Å². The van der Waals surface area contributed by atoms with Gasteiger partial charge in [-0.3, -0.25) is 9.52 Å². The molecule has 0 unspecified atom stereocenters. The fraction of sp³-hybridized carbons (Fsp3) is 0.120. The van der Waals surface area contributed by atoms with Crippen molar-refractivity contribution in [3.05, 3.63) is 89.1 Å². The number of primary sulfonamides is 1. The van der Waals surface area contributed by atoms with E-state index in [0.29, 0.717) is 41.0 Å². The molecule has 1 amide bonds. The van der Waals surface area contributed by atoms with E-state index in [2.05, 4.69) is 9.82 Å². The summed E-state index contributed by atoms with van der Waals surface area (Å²) >= 11 is 0. The Balaban J connectivity index is 1.63. The number of fused-ring (bicyclic) bond motifs is 3. The van der Waals surface area contributed by atoms with Crippen LogP contribution in [-0.2, 0) is 32.9 Å². The number of nitrogens with one attached hydrogen (secondary N) is 1. The number of nitrogens with two attached hydrogens (primary N) is 2. The van der Waals surface area contributed by atoms with E-state index in [0.717, 1.165) is 11.1 Å². The topological polar surface area (TPSA) is 167 Å². The van der Waals surface area contributed by atoms with Crippen LogP contribution in [-0.4, -0.2) is 32.5 Å². The number of hydrogen-bond donors (Lipinski definition) is 3. The highest BCUT2D eigenvalue weighted by Gasteiger charge is 2.29. The average Bonchev–Trinajstić information content (AvgIpc) is 3.24. The van der Waals surface area contributed by atoms with E-state index in [4.69, 9.17) is 10.9 Å². The summed E-state index contributed by atoms with van der Waals surface area (Å²) in [6, 6.07) is 17.5. The van der Waals surface area contributed by atoms with Crippen molar-refractivity contribution < 1.29 is 21.6 Å². The van der Waals surface area contributed by atoms with E-state index in [1.165, 1.54) is 35.0 Å². The molecule has 1 heterocycles. The molecule has 0 fully saturated rings. The minimum Gasteiger partial charge on any atom is -0.364 e. The molecule has 3 aromatic carbocycles. The van der Waals surface area contributed by atoms with Crippen molar-refractivity contribution in [3.63, 3.8) is 0 Å². The molecule has 10 nitrogen and oxygen atoms in total. The van der Waals surface area contributed by atoms with Crippen molar-refractivity contribution in [2.24, 2.45) is 10.9 Å². The summed E-state index contributed by atoms with van der Waals surface area (Å²) in [5.74, 6) is -0.698. The number of carbonyl (C=O) groups is 1. The van der Waals surface area contributed by atoms with Crippen LogP contribution in [0.2, 0.25) is 0 Å². The first-order chi connectivity index (χ1) is 17.4. The Bertz CT molecular complexity index is 1780. The largest absolute Gasteiger partial charge is 0.364 e. The molecule has 37 heavy (non-hydrogen) atoms. The van der Waals surface area contributed by atoms with E-state index >= 15 is 0 Å². The zero-order chi connectivity index (χ0) is 26.5. The van der Waals surface area contributed by atoms with Gasteiger partial charge in [-0.15, -0.1) is 0 Å². The number of rotatable bonds is 6. The number of sulfonamides is 2. The van der Waals surface area contributed by atoms with E-state index < -0.39 is 26.0 Å². The van der Waals surface area contributed by atoms with Crippen molar-refractivity contribution in [3.8, 4) is 16.9 Å². The van der Waals surface area contributed by atoms with Crippen LogP contribution in [0.25, 0.3) is 16.9 Å². The molecule has 5 rings (SSSR count). The fourth-order valence-electron chi connectivity index (χ4n) is 4.46. The molecular formula is C25H23N5O5S2. The number of carbonyl (C=O) groups excluding carboxylic acids is 1. The highest BCUT2D eigenvalue weighted by molar-refractivity contribution is 7.92. The number of amides is 1. The molecule has 0 saturated heterocycles. The Morgan fingerprint density at radius 1 is 0.946 bits per heavy atom. The van der Waals surface area contributed by atoms with E-state index in [1.54, 1.807) is 24.3 Å². The second-order valence-corrected chi connectivity index (χ2v) is 12.0. The molecule has 1 aliphatic rings. The Morgan fingerprint density at radius 3 is 2.32 bits per heavy atom. The molecule has 1 aromatic heterocycles. The first-order valence-electron chi connectivity index (χ1n) is 11.2. The van der Waals surface area contributed by atoms with Gasteiger partial charge in [-0.25, -0.2) is 26.7 Å². The first kappa shape index (κ1) is 24.7. The molecule has 5 N–H and O–H groups in total. The number of anilines is 1. The summed E-state index contributed by atoms with van der Waals surface area (Å²) < 4.78 is 53.5. The third-order valence-electron chi connectivity index (χ3n) is 6.19. The van der Waals surface area contributed by atoms with E-state index in [9.17, 15) is 21.6 Å². The summed E-state index contributed by atoms with van der Waals surface area (Å²) in [6.07, 6.45) is 1.10. The van der Waals surface area contributed by atoms with Gasteiger partial charge in [0, 0.05) is 16.8 Å². The highest BCUT2D eigenvalue weighted by atomic mass is 32.2. The number of benzene rings is 3. The molecule has 0 aliphatic heterocycles. The number of primary amides is 1. The lowest BCUT2D eigenvalue weighted by atomic mass is 9.88. The van der Waals surface area contributed by atoms with Gasteiger partial charge in [0.05, 0.1) is 21.2 Å². The third kappa shape index (κ3) is 4.61. The lowest BCUT2D eigenvalue weighted by Crippen LogP contribution is -2.16. The Kier molecular flexibility index (Phi) is 5.89. The lowest BCUT2D eigenvalue weighted by Gasteiger charge is -2.20. The van der Waals surface area contributed by atoms with Crippen LogP contribution in [0.5, 0.6) is 0 Å². The Labute approximate surface area is 214 Å². The number of hydrogen-bond acceptors (Lipinski definition) is 6. The molecule has 12 heteroatoms. The van der Waals surface area contributed by atoms with Crippen LogP contribution in [0, 0.1) is 6.92 Å². The first-order valence-corrected chi connectivity index (χ1v) is 14.2. The molecule has 0 saturated carbocycles. The minimum atomic E-state index is -3.89. The zero-order valence-electron chi connectivity index (χ0n) is 19.7. The van der Waals surface area contributed by atoms with Gasteiger partial charge in [0.2, 0.25) is 10.0 Å². The van der Waals surface area contributed by atoms with Crippen LogP contribution in [0.1, 0.15) is 27.2 Å². The van der Waals surface area contributed by atoms with Crippen LogP contribution in [0.4, 0.5) is 5.69 Å². The molecule has 0 spiro atoms. The van der Waals surface area contributed by atoms with Gasteiger partial charge in [-0.2, -0.15) is 5.10 Å². The zero-order valence-corrected chi connectivity index (χ0v) is 21.3. The highest BCUT2D eigenvalue weighted by Crippen LogP contribution is 2.38. The molecule has 0 atom stereocenters. The Morgan fingerprint density at radius 2 is 1.68 bits per heavy atom. The van der Waals surface area contributed by atoms with Crippen molar-refractivity contribution in [2.45, 2.75) is 29.6 Å². The van der Waals surface area contributed by atoms with Crippen LogP contribution in [0.3, 0.4) is 0 Å². The van der Waals surface area contributed by atoms with E-state index in [-0.39, 0.29) is 15.5 Å². The van der Waals surface area contributed by atoms with Crippen molar-refractivity contribution in [1.82, 2.24) is 9.78 Å². The van der Waals surface area contributed by atoms with Gasteiger partial charge < -0.3 is 5.73 Å². The molecular weight excluding hydrogens is 514 g/mol. The molecule has 4 aromatic rings. The predicted molar refractivity (Wildman–Crippen MR) is 138 cm³/mol. The number of aryl methyl sites for hydroxylation is 2. The van der Waals surface area contributed by atoms with Crippen LogP contribution in [0.15, 0.2) is 76.5 Å². The monoisotopic (exact) mass is 537 g/mol. The smallest absolute Gasteiger partial charge is 0.269 e. The second kappa shape index (κ2) is 8.83. The SMILES string of the molecule is Cc1cccc(S(=O)(=O)Nc2ccc3c(c2)-c2c(c(C(N)=O)nn2-c2ccc(S(N)(=O)=O)cc2)CC3)c1. The molecule has 1 aliphatic carbocycles. The summed E-state index contributed by atoms with van der Waals surface area (Å²) in [5, 5.41) is 9.65. The molecule has 0 bridgehead atoms. The maximum absolute atomic E-state index is 13.0. The van der Waals surface area contributed by atoms with Gasteiger partial charge >= 0.3 is 0 Å². The number of nitrogens with zero attached hydrogens (tertiary/aromatic N) is 2. The second-order valence-electron chi connectivity index (χ2n) is 8.78. The normalized spacial score (nSPS) is 13.0. The molecule has 190 valence electrons.